The van der Waals surface area contributed by atoms with Crippen LogP contribution in [0.3, 0.4) is 0 Å². The molecule has 3 aromatic carbocycles. The van der Waals surface area contributed by atoms with E-state index in [1.54, 1.807) is 0 Å². The molecule has 0 bridgehead atoms. The number of amides is 1. The highest BCUT2D eigenvalue weighted by atomic mass is 16.4. The summed E-state index contributed by atoms with van der Waals surface area (Å²) in [6.07, 6.45) is 0. The number of para-hydroxylation sites is 2. The number of hydrogen-bond donors (Lipinski definition) is 4. The molecule has 6 heteroatoms. The largest absolute Gasteiger partial charge is 0.479 e. The smallest absolute Gasteiger partial charge is 0.330 e. The van der Waals surface area contributed by atoms with Gasteiger partial charge in [-0.1, -0.05) is 36.4 Å². The highest BCUT2D eigenvalue weighted by molar-refractivity contribution is 6.31. The number of aromatic nitrogens is 2. The van der Waals surface area contributed by atoms with Crippen LogP contribution in [-0.2, 0) is 4.79 Å². The quantitative estimate of drug-likeness (QED) is 0.368. The molecule has 0 aliphatic carbocycles. The van der Waals surface area contributed by atoms with E-state index in [2.05, 4.69) is 15.3 Å². The van der Waals surface area contributed by atoms with Crippen molar-refractivity contribution in [3.05, 3.63) is 59.7 Å². The first-order valence-electron chi connectivity index (χ1n) is 8.65. The van der Waals surface area contributed by atoms with Gasteiger partial charge < -0.3 is 20.4 Å². The van der Waals surface area contributed by atoms with E-state index < -0.39 is 12.0 Å². The minimum absolute atomic E-state index is 0.348. The number of benzene rings is 3. The third-order valence-corrected chi connectivity index (χ3v) is 5.49. The summed E-state index contributed by atoms with van der Waals surface area (Å²) in [6.45, 7) is 0. The number of nitrogens with one attached hydrogen (secondary N) is 3. The standard InChI is InChI=1S/C21H13N3O3/c25-20-16-14-10-6-2-4-8-12(10)23-18(14)17-13(15(16)19(24-20)21(26)27)9-5-1-3-7-11(9)22-17/h1-8,19,22-23H,(H,24,25)(H,26,27). The lowest BCUT2D eigenvalue weighted by Gasteiger charge is -2.08. The molecule has 0 saturated carbocycles. The van der Waals surface area contributed by atoms with Crippen molar-refractivity contribution in [3.8, 4) is 0 Å². The second-order valence-electron chi connectivity index (χ2n) is 6.87. The van der Waals surface area contributed by atoms with E-state index in [1.807, 2.05) is 48.5 Å². The zero-order valence-electron chi connectivity index (χ0n) is 14.0. The van der Waals surface area contributed by atoms with Crippen LogP contribution in [0.4, 0.5) is 0 Å². The molecule has 6 nitrogen and oxygen atoms in total. The Morgan fingerprint density at radius 1 is 0.852 bits per heavy atom. The van der Waals surface area contributed by atoms with Crippen molar-refractivity contribution < 1.29 is 14.7 Å². The van der Waals surface area contributed by atoms with Crippen molar-refractivity contribution in [2.75, 3.05) is 0 Å². The summed E-state index contributed by atoms with van der Waals surface area (Å²) < 4.78 is 0. The predicted octanol–water partition coefficient (Wildman–Crippen LogP) is 3.82. The fraction of sp³-hybridized carbons (Fsp3) is 0.0476. The summed E-state index contributed by atoms with van der Waals surface area (Å²) in [5, 5.41) is 15.8. The number of rotatable bonds is 1. The summed E-state index contributed by atoms with van der Waals surface area (Å²) in [5.74, 6) is -1.41. The first kappa shape index (κ1) is 14.4. The van der Waals surface area contributed by atoms with Crippen LogP contribution >= 0.6 is 0 Å². The van der Waals surface area contributed by atoms with E-state index in [9.17, 15) is 14.7 Å². The van der Waals surface area contributed by atoms with Gasteiger partial charge in [0.05, 0.1) is 16.6 Å². The van der Waals surface area contributed by atoms with Crippen molar-refractivity contribution in [2.45, 2.75) is 6.04 Å². The maximum atomic E-state index is 12.8. The molecule has 1 aliphatic rings. The van der Waals surface area contributed by atoms with Crippen LogP contribution < -0.4 is 5.32 Å². The fourth-order valence-electron chi connectivity index (χ4n) is 4.44. The average Bonchev–Trinajstić information content (AvgIpc) is 3.32. The highest BCUT2D eigenvalue weighted by Gasteiger charge is 2.39. The van der Waals surface area contributed by atoms with E-state index in [0.717, 1.165) is 43.6 Å². The molecule has 6 rings (SSSR count). The van der Waals surface area contributed by atoms with Crippen molar-refractivity contribution in [1.82, 2.24) is 15.3 Å². The molecule has 5 aromatic rings. The van der Waals surface area contributed by atoms with Gasteiger partial charge in [0.25, 0.3) is 5.91 Å². The molecule has 0 saturated heterocycles. The van der Waals surface area contributed by atoms with Gasteiger partial charge in [0.15, 0.2) is 6.04 Å². The lowest BCUT2D eigenvalue weighted by atomic mass is 9.94. The van der Waals surface area contributed by atoms with Gasteiger partial charge in [-0.3, -0.25) is 4.79 Å². The van der Waals surface area contributed by atoms with Gasteiger partial charge in [0.2, 0.25) is 0 Å². The molecule has 0 fully saturated rings. The number of carboxylic acid groups (broad SMARTS) is 1. The first-order chi connectivity index (χ1) is 13.1. The molecule has 4 N–H and O–H groups in total. The SMILES string of the molecule is O=C1NC(C(=O)O)c2c1c1c3ccccc3[nH]c1c1[nH]c3ccccc3c21. The van der Waals surface area contributed by atoms with E-state index >= 15 is 0 Å². The van der Waals surface area contributed by atoms with Gasteiger partial charge in [-0.05, 0) is 12.1 Å². The van der Waals surface area contributed by atoms with Gasteiger partial charge in [0, 0.05) is 38.1 Å². The number of hydrogen-bond acceptors (Lipinski definition) is 2. The van der Waals surface area contributed by atoms with Gasteiger partial charge in [-0.25, -0.2) is 4.79 Å². The molecular weight excluding hydrogens is 342 g/mol. The fourth-order valence-corrected chi connectivity index (χ4v) is 4.44. The van der Waals surface area contributed by atoms with Crippen molar-refractivity contribution in [2.24, 2.45) is 0 Å². The number of H-pyrrole nitrogens is 2. The van der Waals surface area contributed by atoms with Crippen LogP contribution in [0.5, 0.6) is 0 Å². The number of carbonyl (C=O) groups excluding carboxylic acids is 1. The summed E-state index contributed by atoms with van der Waals surface area (Å²) in [4.78, 5) is 31.6. The molecule has 1 atom stereocenters. The van der Waals surface area contributed by atoms with Crippen LogP contribution in [0, 0.1) is 0 Å². The number of aromatic amines is 2. The number of carboxylic acids is 1. The van der Waals surface area contributed by atoms with E-state index in [1.165, 1.54) is 0 Å². The first-order valence-corrected chi connectivity index (χ1v) is 8.65. The van der Waals surface area contributed by atoms with E-state index in [0.29, 0.717) is 11.1 Å². The molecule has 130 valence electrons. The van der Waals surface area contributed by atoms with Crippen LogP contribution in [0.1, 0.15) is 22.0 Å². The Bertz CT molecular complexity index is 1460. The van der Waals surface area contributed by atoms with Crippen molar-refractivity contribution in [3.63, 3.8) is 0 Å². The zero-order chi connectivity index (χ0) is 18.3. The summed E-state index contributed by atoms with van der Waals surface area (Å²) in [6, 6.07) is 14.4. The van der Waals surface area contributed by atoms with E-state index in [4.69, 9.17) is 0 Å². The zero-order valence-corrected chi connectivity index (χ0v) is 14.0. The van der Waals surface area contributed by atoms with Crippen molar-refractivity contribution in [1.29, 1.82) is 0 Å². The summed E-state index contributed by atoms with van der Waals surface area (Å²) >= 11 is 0. The molecule has 1 aliphatic heterocycles. The molecule has 27 heavy (non-hydrogen) atoms. The molecule has 2 aromatic heterocycles. The monoisotopic (exact) mass is 355 g/mol. The van der Waals surface area contributed by atoms with Crippen molar-refractivity contribution >= 4 is 55.5 Å². The second-order valence-corrected chi connectivity index (χ2v) is 6.87. The molecule has 0 radical (unpaired) electrons. The predicted molar refractivity (Wildman–Crippen MR) is 103 cm³/mol. The topological polar surface area (TPSA) is 98.0 Å². The van der Waals surface area contributed by atoms with Gasteiger partial charge in [0.1, 0.15) is 0 Å². The minimum atomic E-state index is -1.06. The Kier molecular flexibility index (Phi) is 2.49. The third kappa shape index (κ3) is 1.65. The van der Waals surface area contributed by atoms with Crippen LogP contribution in [-0.4, -0.2) is 27.0 Å². The van der Waals surface area contributed by atoms with E-state index in [-0.39, 0.29) is 5.91 Å². The molecule has 1 unspecified atom stereocenters. The summed E-state index contributed by atoms with van der Waals surface area (Å²) in [5.41, 5.74) is 4.45. The van der Waals surface area contributed by atoms with Gasteiger partial charge in [-0.2, -0.15) is 0 Å². The minimum Gasteiger partial charge on any atom is -0.479 e. The maximum absolute atomic E-state index is 12.8. The summed E-state index contributed by atoms with van der Waals surface area (Å²) in [7, 11) is 0. The molecule has 0 spiro atoms. The average molecular weight is 355 g/mol. The van der Waals surface area contributed by atoms with Crippen LogP contribution in [0.15, 0.2) is 48.5 Å². The molecular formula is C21H13N3O3. The molecule has 1 amide bonds. The number of fused-ring (bicyclic) bond motifs is 10. The number of carbonyl (C=O) groups is 2. The Morgan fingerprint density at radius 2 is 1.41 bits per heavy atom. The normalized spacial score (nSPS) is 16.4. The lowest BCUT2D eigenvalue weighted by Crippen LogP contribution is -2.25. The van der Waals surface area contributed by atoms with Gasteiger partial charge >= 0.3 is 5.97 Å². The Labute approximate surface area is 151 Å². The maximum Gasteiger partial charge on any atom is 0.330 e. The Hall–Kier alpha value is -3.80. The van der Waals surface area contributed by atoms with Gasteiger partial charge in [-0.15, -0.1) is 0 Å². The highest BCUT2D eigenvalue weighted by Crippen LogP contribution is 2.44. The van der Waals surface area contributed by atoms with Crippen LogP contribution in [0.25, 0.3) is 43.6 Å². The Balaban J connectivity index is 1.98. The second kappa shape index (κ2) is 4.67. The third-order valence-electron chi connectivity index (χ3n) is 5.49. The molecule has 3 heterocycles. The Morgan fingerprint density at radius 3 is 2.04 bits per heavy atom. The number of aliphatic carboxylic acids is 1. The lowest BCUT2D eigenvalue weighted by molar-refractivity contribution is -0.139. The van der Waals surface area contributed by atoms with Crippen LogP contribution in [0.2, 0.25) is 0 Å².